The number of hydrogen-bond acceptors (Lipinski definition) is 3. The van der Waals surface area contributed by atoms with E-state index >= 15 is 0 Å². The second-order valence-electron chi connectivity index (χ2n) is 16.5. The zero-order chi connectivity index (χ0) is 42.1. The van der Waals surface area contributed by atoms with Gasteiger partial charge in [-0.05, 0) is 118 Å². The van der Waals surface area contributed by atoms with E-state index in [1.54, 1.807) is 0 Å². The van der Waals surface area contributed by atoms with Gasteiger partial charge in [-0.15, -0.1) is 22.7 Å². The lowest BCUT2D eigenvalue weighted by Gasteiger charge is -2.26. The average molecular weight is 851 g/mol. The SMILES string of the molecule is c1cc(-c2cccc(-n3c4ccccc4c4ccccc43)c2)cc(N(c2ccc(-c3cccc4sc5ccccc5c34)cc2)c2ccc(-c3cccc4sc5ccccc5c34)cc2)c1. The topological polar surface area (TPSA) is 8.17 Å². The van der Waals surface area contributed by atoms with E-state index in [1.807, 2.05) is 22.7 Å². The van der Waals surface area contributed by atoms with Crippen molar-refractivity contribution in [1.82, 2.24) is 4.57 Å². The molecule has 13 aromatic rings. The molecule has 3 heterocycles. The predicted molar refractivity (Wildman–Crippen MR) is 278 cm³/mol. The molecule has 0 aliphatic rings. The van der Waals surface area contributed by atoms with Gasteiger partial charge in [-0.1, -0.05) is 146 Å². The van der Waals surface area contributed by atoms with Crippen molar-refractivity contribution in [3.63, 3.8) is 0 Å². The molecule has 13 rings (SSSR count). The molecule has 0 aliphatic carbocycles. The number of fused-ring (bicyclic) bond motifs is 9. The van der Waals surface area contributed by atoms with Gasteiger partial charge < -0.3 is 9.47 Å². The number of benzene rings is 10. The van der Waals surface area contributed by atoms with Crippen LogP contribution in [0.4, 0.5) is 17.1 Å². The second-order valence-corrected chi connectivity index (χ2v) is 18.6. The molecule has 0 spiro atoms. The smallest absolute Gasteiger partial charge is 0.0541 e. The highest BCUT2D eigenvalue weighted by molar-refractivity contribution is 7.26. The number of anilines is 3. The number of hydrogen-bond donors (Lipinski definition) is 0. The third-order valence-corrected chi connectivity index (χ3v) is 15.1. The standard InChI is InChI=1S/C60H38N2S2/c1-5-23-53-49(17-1)50-18-2-6-24-54(50)62(53)46-16-10-14-42(38-46)41-13-9-15-45(37-41)61(43-33-29-39(30-34-43)47-21-11-27-57-59(47)51-19-3-7-25-55(51)63-57)44-35-31-40(32-36-44)48-22-12-28-58-60(48)52-20-4-8-26-56(52)64-58/h1-38H. The van der Waals surface area contributed by atoms with Crippen molar-refractivity contribution in [3.05, 3.63) is 231 Å². The molecule has 3 aromatic heterocycles. The molecule has 64 heavy (non-hydrogen) atoms. The van der Waals surface area contributed by atoms with E-state index in [1.165, 1.54) is 90.0 Å². The molecule has 0 amide bonds. The summed E-state index contributed by atoms with van der Waals surface area (Å²) in [7, 11) is 0. The van der Waals surface area contributed by atoms with Crippen LogP contribution in [0.2, 0.25) is 0 Å². The van der Waals surface area contributed by atoms with E-state index < -0.39 is 0 Å². The Morgan fingerprint density at radius 1 is 0.297 bits per heavy atom. The quantitative estimate of drug-likeness (QED) is 0.155. The van der Waals surface area contributed by atoms with Crippen molar-refractivity contribution in [2.45, 2.75) is 0 Å². The van der Waals surface area contributed by atoms with Gasteiger partial charge in [-0.25, -0.2) is 0 Å². The Morgan fingerprint density at radius 2 is 0.734 bits per heavy atom. The Labute approximate surface area is 378 Å². The van der Waals surface area contributed by atoms with E-state index in [-0.39, 0.29) is 0 Å². The van der Waals surface area contributed by atoms with Crippen molar-refractivity contribution in [3.8, 4) is 39.1 Å². The fraction of sp³-hybridized carbons (Fsp3) is 0. The fourth-order valence-electron chi connectivity index (χ4n) is 9.91. The highest BCUT2D eigenvalue weighted by Crippen LogP contribution is 2.44. The summed E-state index contributed by atoms with van der Waals surface area (Å²) in [5, 5.41) is 7.81. The minimum Gasteiger partial charge on any atom is -0.310 e. The maximum absolute atomic E-state index is 2.40. The maximum atomic E-state index is 2.40. The molecule has 10 aromatic carbocycles. The zero-order valence-electron chi connectivity index (χ0n) is 34.7. The lowest BCUT2D eigenvalue weighted by molar-refractivity contribution is 1.18. The third-order valence-electron chi connectivity index (χ3n) is 12.8. The molecule has 0 saturated carbocycles. The van der Waals surface area contributed by atoms with Crippen molar-refractivity contribution in [2.75, 3.05) is 4.90 Å². The van der Waals surface area contributed by atoms with Crippen molar-refractivity contribution >= 4 is 102 Å². The Kier molecular flexibility index (Phi) is 8.61. The number of nitrogens with zero attached hydrogens (tertiary/aromatic N) is 2. The van der Waals surface area contributed by atoms with E-state index in [9.17, 15) is 0 Å². The summed E-state index contributed by atoms with van der Waals surface area (Å²) in [6, 6.07) is 84.6. The Bertz CT molecular complexity index is 3700. The third kappa shape index (κ3) is 5.99. The van der Waals surface area contributed by atoms with Gasteiger partial charge >= 0.3 is 0 Å². The van der Waals surface area contributed by atoms with Crippen LogP contribution in [0.5, 0.6) is 0 Å². The second kappa shape index (κ2) is 15.0. The molecule has 0 aliphatic heterocycles. The van der Waals surface area contributed by atoms with Crippen LogP contribution >= 0.6 is 22.7 Å². The number of rotatable bonds is 7. The van der Waals surface area contributed by atoms with E-state index in [2.05, 4.69) is 240 Å². The fourth-order valence-corrected chi connectivity index (χ4v) is 12.2. The number of thiophene rings is 2. The maximum Gasteiger partial charge on any atom is 0.0541 e. The molecule has 0 bridgehead atoms. The molecule has 0 atom stereocenters. The van der Waals surface area contributed by atoms with Gasteiger partial charge in [-0.2, -0.15) is 0 Å². The van der Waals surface area contributed by atoms with Crippen LogP contribution in [-0.2, 0) is 0 Å². The Hall–Kier alpha value is -7.76. The minimum absolute atomic E-state index is 1.09. The summed E-state index contributed by atoms with van der Waals surface area (Å²) in [4.78, 5) is 2.40. The molecule has 2 nitrogen and oxygen atoms in total. The molecular weight excluding hydrogens is 813 g/mol. The van der Waals surface area contributed by atoms with Crippen LogP contribution in [0.3, 0.4) is 0 Å². The first-order valence-corrected chi connectivity index (χ1v) is 23.4. The summed E-state index contributed by atoms with van der Waals surface area (Å²) >= 11 is 3.73. The molecule has 0 radical (unpaired) electrons. The lowest BCUT2D eigenvalue weighted by Crippen LogP contribution is -2.10. The van der Waals surface area contributed by atoms with Crippen LogP contribution < -0.4 is 4.90 Å². The number of aromatic nitrogens is 1. The monoisotopic (exact) mass is 850 g/mol. The Balaban J connectivity index is 0.933. The van der Waals surface area contributed by atoms with Gasteiger partial charge in [-0.3, -0.25) is 0 Å². The normalized spacial score (nSPS) is 11.8. The molecule has 0 saturated heterocycles. The summed E-state index contributed by atoms with van der Waals surface area (Å²) in [6.45, 7) is 0. The first-order chi connectivity index (χ1) is 31.7. The first-order valence-electron chi connectivity index (χ1n) is 21.7. The van der Waals surface area contributed by atoms with Gasteiger partial charge in [0.15, 0.2) is 0 Å². The molecular formula is C60H38N2S2. The van der Waals surface area contributed by atoms with Crippen molar-refractivity contribution < 1.29 is 0 Å². The summed E-state index contributed by atoms with van der Waals surface area (Å²) in [6.07, 6.45) is 0. The minimum atomic E-state index is 1.09. The zero-order valence-corrected chi connectivity index (χ0v) is 36.3. The van der Waals surface area contributed by atoms with Crippen LogP contribution in [-0.4, -0.2) is 4.57 Å². The molecule has 300 valence electrons. The van der Waals surface area contributed by atoms with Crippen LogP contribution in [0.15, 0.2) is 231 Å². The van der Waals surface area contributed by atoms with Crippen molar-refractivity contribution in [1.29, 1.82) is 0 Å². The van der Waals surface area contributed by atoms with Crippen LogP contribution in [0.1, 0.15) is 0 Å². The average Bonchev–Trinajstić information content (AvgIpc) is 4.05. The lowest BCUT2D eigenvalue weighted by atomic mass is 9.98. The summed E-state index contributed by atoms with van der Waals surface area (Å²) in [5.41, 5.74) is 14.1. The Morgan fingerprint density at radius 3 is 1.28 bits per heavy atom. The highest BCUT2D eigenvalue weighted by atomic mass is 32.1. The van der Waals surface area contributed by atoms with Gasteiger partial charge in [0.2, 0.25) is 0 Å². The van der Waals surface area contributed by atoms with Gasteiger partial charge in [0.05, 0.1) is 11.0 Å². The molecule has 0 unspecified atom stereocenters. The summed E-state index contributed by atoms with van der Waals surface area (Å²) in [5.74, 6) is 0. The molecule has 0 N–H and O–H groups in total. The van der Waals surface area contributed by atoms with E-state index in [4.69, 9.17) is 0 Å². The van der Waals surface area contributed by atoms with Gasteiger partial charge in [0, 0.05) is 73.9 Å². The predicted octanol–water partition coefficient (Wildman–Crippen LogP) is 18.0. The van der Waals surface area contributed by atoms with E-state index in [0.717, 1.165) is 28.3 Å². The van der Waals surface area contributed by atoms with Gasteiger partial charge in [0.1, 0.15) is 0 Å². The molecule has 0 fully saturated rings. The summed E-state index contributed by atoms with van der Waals surface area (Å²) < 4.78 is 7.66. The van der Waals surface area contributed by atoms with Crippen molar-refractivity contribution in [2.24, 2.45) is 0 Å². The first kappa shape index (κ1) is 36.9. The largest absolute Gasteiger partial charge is 0.310 e. The molecule has 4 heteroatoms. The highest BCUT2D eigenvalue weighted by Gasteiger charge is 2.18. The number of para-hydroxylation sites is 2. The van der Waals surface area contributed by atoms with Crippen LogP contribution in [0, 0.1) is 0 Å². The van der Waals surface area contributed by atoms with E-state index in [0.29, 0.717) is 0 Å². The van der Waals surface area contributed by atoms with Crippen LogP contribution in [0.25, 0.3) is 101 Å². The van der Waals surface area contributed by atoms with Gasteiger partial charge in [0.25, 0.3) is 0 Å².